The Labute approximate surface area is 170 Å². The van der Waals surface area contributed by atoms with E-state index < -0.39 is 0 Å². The van der Waals surface area contributed by atoms with Crippen molar-refractivity contribution in [3.05, 3.63) is 48.0 Å². The van der Waals surface area contributed by atoms with Crippen molar-refractivity contribution in [3.8, 4) is 17.2 Å². The maximum absolute atomic E-state index is 12.2. The van der Waals surface area contributed by atoms with Gasteiger partial charge >= 0.3 is 0 Å². The average molecular weight is 391 g/mol. The van der Waals surface area contributed by atoms with E-state index in [2.05, 4.69) is 29.4 Å². The lowest BCUT2D eigenvalue weighted by molar-refractivity contribution is -0.126. The first kappa shape index (κ1) is 19.2. The van der Waals surface area contributed by atoms with E-state index in [-0.39, 0.29) is 17.7 Å². The third-order valence-electron chi connectivity index (χ3n) is 5.35. The van der Waals surface area contributed by atoms with Crippen LogP contribution >= 0.6 is 0 Å². The minimum Gasteiger partial charge on any atom is -0.494 e. The molecule has 0 saturated carbocycles. The van der Waals surface area contributed by atoms with Gasteiger partial charge in [-0.3, -0.25) is 4.79 Å². The molecule has 1 amide bonds. The topological polar surface area (TPSA) is 76.7 Å². The summed E-state index contributed by atoms with van der Waals surface area (Å²) in [6, 6.07) is 13.6. The van der Waals surface area contributed by atoms with Crippen LogP contribution in [0.1, 0.15) is 39.2 Å². The smallest absolute Gasteiger partial charge is 0.243 e. The number of nitrogens with one attached hydrogen (secondary N) is 1. The molecule has 0 saturated heterocycles. The van der Waals surface area contributed by atoms with Gasteiger partial charge in [-0.05, 0) is 49.7 Å². The van der Waals surface area contributed by atoms with Gasteiger partial charge in [-0.25, -0.2) is 10.4 Å². The second-order valence-electron chi connectivity index (χ2n) is 7.32. The number of oxazole rings is 1. The Bertz CT molecular complexity index is 1050. The molecule has 0 bridgehead atoms. The first-order valence-electron chi connectivity index (χ1n) is 10.1. The molecule has 0 fully saturated rings. The largest absolute Gasteiger partial charge is 0.494 e. The summed E-state index contributed by atoms with van der Waals surface area (Å²) in [4.78, 5) is 16.8. The fourth-order valence-electron chi connectivity index (χ4n) is 3.81. The molecular formula is C23H25N3O3. The molecule has 1 aliphatic rings. The predicted octanol–water partition coefficient (Wildman–Crippen LogP) is 4.78. The molecule has 0 aliphatic carbocycles. The van der Waals surface area contributed by atoms with Crippen LogP contribution in [0.5, 0.6) is 5.75 Å². The molecule has 2 aromatic carbocycles. The quantitative estimate of drug-likeness (QED) is 0.656. The minimum absolute atomic E-state index is 0.00151. The van der Waals surface area contributed by atoms with E-state index in [1.54, 1.807) is 0 Å². The molecule has 1 N–H and O–H groups in total. The number of fused-ring (bicyclic) bond motifs is 1. The second-order valence-corrected chi connectivity index (χ2v) is 7.32. The highest BCUT2D eigenvalue weighted by atomic mass is 16.5. The van der Waals surface area contributed by atoms with E-state index in [0.717, 1.165) is 40.9 Å². The summed E-state index contributed by atoms with van der Waals surface area (Å²) in [6.45, 7) is 6.74. The highest BCUT2D eigenvalue weighted by molar-refractivity contribution is 6.07. The molecule has 29 heavy (non-hydrogen) atoms. The van der Waals surface area contributed by atoms with E-state index >= 15 is 0 Å². The van der Waals surface area contributed by atoms with Crippen molar-refractivity contribution in [3.63, 3.8) is 0 Å². The lowest BCUT2D eigenvalue weighted by atomic mass is 9.82. The molecule has 2 atom stereocenters. The number of nitrogens with zero attached hydrogens (tertiary/aromatic N) is 2. The number of carbonyl (C=O) groups excluding carboxylic acids is 1. The van der Waals surface area contributed by atoms with Crippen molar-refractivity contribution in [2.24, 2.45) is 16.9 Å². The van der Waals surface area contributed by atoms with Gasteiger partial charge in [-0.15, -0.1) is 0 Å². The molecule has 1 aromatic heterocycles. The Morgan fingerprint density at radius 3 is 2.59 bits per heavy atom. The van der Waals surface area contributed by atoms with E-state index in [1.165, 1.54) is 0 Å². The molecular weight excluding hydrogens is 366 g/mol. The number of ether oxygens (including phenoxy) is 1. The molecule has 3 aromatic rings. The number of carbonyl (C=O) groups is 1. The molecule has 6 heteroatoms. The summed E-state index contributed by atoms with van der Waals surface area (Å²) >= 11 is 0. The second kappa shape index (κ2) is 8.07. The van der Waals surface area contributed by atoms with E-state index in [9.17, 15) is 4.79 Å². The van der Waals surface area contributed by atoms with Gasteiger partial charge in [0, 0.05) is 23.0 Å². The Balaban J connectivity index is 1.64. The highest BCUT2D eigenvalue weighted by Gasteiger charge is 2.32. The number of aromatic nitrogens is 1. The van der Waals surface area contributed by atoms with Gasteiger partial charge in [-0.1, -0.05) is 26.3 Å². The van der Waals surface area contributed by atoms with Crippen molar-refractivity contribution >= 4 is 22.7 Å². The van der Waals surface area contributed by atoms with Crippen molar-refractivity contribution < 1.29 is 13.9 Å². The number of hydrogen-bond acceptors (Lipinski definition) is 5. The molecule has 1 aliphatic heterocycles. The average Bonchev–Trinajstić information content (AvgIpc) is 3.15. The lowest BCUT2D eigenvalue weighted by Crippen LogP contribution is -2.40. The standard InChI is InChI=1S/C23H25N3O3/c1-4-6-18-14(3)21(25-26-22(18)27)16-9-12-19-20(13-16)29-23(24-19)15-7-10-17(11-8-15)28-5-2/h7-14,18H,4-6H2,1-3H3,(H,26,27). The van der Waals surface area contributed by atoms with Crippen molar-refractivity contribution in [2.45, 2.75) is 33.6 Å². The highest BCUT2D eigenvalue weighted by Crippen LogP contribution is 2.30. The molecule has 150 valence electrons. The SMILES string of the molecule is CCCC1C(=O)NN=C(c2ccc3nc(-c4ccc(OCC)cc4)oc3c2)C1C. The number of rotatable bonds is 6. The van der Waals surface area contributed by atoms with E-state index in [0.29, 0.717) is 18.1 Å². The first-order valence-corrected chi connectivity index (χ1v) is 10.1. The van der Waals surface area contributed by atoms with Crippen LogP contribution in [0.2, 0.25) is 0 Å². The van der Waals surface area contributed by atoms with Crippen molar-refractivity contribution in [1.82, 2.24) is 10.4 Å². The Hall–Kier alpha value is -3.15. The summed E-state index contributed by atoms with van der Waals surface area (Å²) in [5.41, 5.74) is 6.89. The summed E-state index contributed by atoms with van der Waals surface area (Å²) in [5.74, 6) is 1.38. The Morgan fingerprint density at radius 2 is 1.86 bits per heavy atom. The molecule has 0 spiro atoms. The molecule has 4 rings (SSSR count). The summed E-state index contributed by atoms with van der Waals surface area (Å²) in [7, 11) is 0. The van der Waals surface area contributed by atoms with Crippen LogP contribution < -0.4 is 10.2 Å². The lowest BCUT2D eigenvalue weighted by Gasteiger charge is -2.27. The third-order valence-corrected chi connectivity index (χ3v) is 5.35. The van der Waals surface area contributed by atoms with Gasteiger partial charge in [-0.2, -0.15) is 5.10 Å². The van der Waals surface area contributed by atoms with Crippen molar-refractivity contribution in [2.75, 3.05) is 6.61 Å². The van der Waals surface area contributed by atoms with Gasteiger partial charge < -0.3 is 9.15 Å². The van der Waals surface area contributed by atoms with Gasteiger partial charge in [0.15, 0.2) is 5.58 Å². The van der Waals surface area contributed by atoms with Crippen molar-refractivity contribution in [1.29, 1.82) is 0 Å². The van der Waals surface area contributed by atoms with Crippen LogP contribution in [0.3, 0.4) is 0 Å². The fourth-order valence-corrected chi connectivity index (χ4v) is 3.81. The maximum Gasteiger partial charge on any atom is 0.243 e. The minimum atomic E-state index is -0.0580. The summed E-state index contributed by atoms with van der Waals surface area (Å²) < 4.78 is 11.5. The number of amides is 1. The zero-order valence-electron chi connectivity index (χ0n) is 16.9. The van der Waals surface area contributed by atoms with Crippen LogP contribution in [-0.2, 0) is 4.79 Å². The number of hydrazone groups is 1. The Morgan fingerprint density at radius 1 is 1.10 bits per heavy atom. The van der Waals surface area contributed by atoms with Crippen LogP contribution in [-0.4, -0.2) is 23.2 Å². The van der Waals surface area contributed by atoms with Gasteiger partial charge in [0.2, 0.25) is 11.8 Å². The molecule has 0 radical (unpaired) electrons. The van der Waals surface area contributed by atoms with Crippen LogP contribution in [0.25, 0.3) is 22.6 Å². The van der Waals surface area contributed by atoms with Gasteiger partial charge in [0.05, 0.1) is 12.3 Å². The molecule has 2 heterocycles. The van der Waals surface area contributed by atoms with Crippen LogP contribution in [0.4, 0.5) is 0 Å². The zero-order valence-corrected chi connectivity index (χ0v) is 16.9. The number of hydrogen-bond donors (Lipinski definition) is 1. The molecule has 6 nitrogen and oxygen atoms in total. The summed E-state index contributed by atoms with van der Waals surface area (Å²) in [5, 5.41) is 4.33. The summed E-state index contributed by atoms with van der Waals surface area (Å²) in [6.07, 6.45) is 1.81. The van der Waals surface area contributed by atoms with Gasteiger partial charge in [0.25, 0.3) is 0 Å². The monoisotopic (exact) mass is 391 g/mol. The third kappa shape index (κ3) is 3.75. The van der Waals surface area contributed by atoms with Crippen LogP contribution in [0, 0.1) is 11.8 Å². The van der Waals surface area contributed by atoms with Crippen LogP contribution in [0.15, 0.2) is 52.0 Å². The first-order chi connectivity index (χ1) is 14.1. The Kier molecular flexibility index (Phi) is 5.34. The zero-order chi connectivity index (χ0) is 20.4. The normalized spacial score (nSPS) is 19.1. The molecule has 2 unspecified atom stereocenters. The van der Waals surface area contributed by atoms with E-state index in [4.69, 9.17) is 9.15 Å². The van der Waals surface area contributed by atoms with Gasteiger partial charge in [0.1, 0.15) is 11.3 Å². The predicted molar refractivity (Wildman–Crippen MR) is 113 cm³/mol. The number of benzene rings is 2. The maximum atomic E-state index is 12.2. The fraction of sp³-hybridized carbons (Fsp3) is 0.348. The van der Waals surface area contributed by atoms with E-state index in [1.807, 2.05) is 49.4 Å².